The second kappa shape index (κ2) is 9.32. The number of nitro groups is 1. The molecular weight excluding hydrogens is 374 g/mol. The van der Waals surface area contributed by atoms with Crippen LogP contribution >= 0.6 is 0 Å². The fraction of sp³-hybridized carbons (Fsp3) is 0.143. The molecule has 3 aromatic rings. The van der Waals surface area contributed by atoms with Gasteiger partial charge in [0.05, 0.1) is 17.1 Å². The summed E-state index contributed by atoms with van der Waals surface area (Å²) in [7, 11) is 0. The molecule has 0 saturated heterocycles. The first kappa shape index (κ1) is 19.8. The van der Waals surface area contributed by atoms with Gasteiger partial charge < -0.3 is 14.8 Å². The molecule has 0 bridgehead atoms. The number of nitrogens with zero attached hydrogens (tertiary/aromatic N) is 2. The number of ether oxygens (including phenoxy) is 2. The van der Waals surface area contributed by atoms with Crippen LogP contribution in [0.1, 0.15) is 22.8 Å². The molecule has 29 heavy (non-hydrogen) atoms. The summed E-state index contributed by atoms with van der Waals surface area (Å²) in [5, 5.41) is 13.9. The normalized spacial score (nSPS) is 10.2. The number of benzene rings is 2. The lowest BCUT2D eigenvalue weighted by molar-refractivity contribution is -0.384. The molecule has 1 amide bonds. The summed E-state index contributed by atoms with van der Waals surface area (Å²) in [4.78, 5) is 27.4. The van der Waals surface area contributed by atoms with Gasteiger partial charge in [-0.25, -0.2) is 4.98 Å². The molecule has 3 rings (SSSR count). The van der Waals surface area contributed by atoms with Crippen molar-refractivity contribution in [3.8, 4) is 17.4 Å². The Hall–Kier alpha value is -3.94. The molecule has 2 aromatic carbocycles. The number of rotatable bonds is 8. The van der Waals surface area contributed by atoms with Crippen molar-refractivity contribution in [3.05, 3.63) is 88.1 Å². The van der Waals surface area contributed by atoms with Crippen LogP contribution in [0.25, 0.3) is 0 Å². The number of amides is 1. The van der Waals surface area contributed by atoms with E-state index in [2.05, 4.69) is 10.3 Å². The first-order chi connectivity index (χ1) is 14.1. The maximum Gasteiger partial charge on any atom is 0.270 e. The van der Waals surface area contributed by atoms with E-state index in [1.165, 1.54) is 18.2 Å². The summed E-state index contributed by atoms with van der Waals surface area (Å²) in [5.41, 5.74) is 0.660. The number of aromatic nitrogens is 1. The molecule has 1 heterocycles. The fourth-order valence-electron chi connectivity index (χ4n) is 2.58. The minimum Gasteiger partial charge on any atom is -0.478 e. The molecule has 0 radical (unpaired) electrons. The molecule has 8 heteroatoms. The molecule has 0 aliphatic carbocycles. The van der Waals surface area contributed by atoms with Crippen LogP contribution in [0.15, 0.2) is 66.9 Å². The molecule has 148 valence electrons. The summed E-state index contributed by atoms with van der Waals surface area (Å²) in [6.07, 6.45) is 1.59. The quantitative estimate of drug-likeness (QED) is 0.456. The zero-order chi connectivity index (χ0) is 20.6. The maximum absolute atomic E-state index is 12.8. The molecule has 1 aromatic heterocycles. The molecule has 0 aliphatic rings. The predicted octanol–water partition coefficient (Wildman–Crippen LogP) is 4.11. The number of carbonyl (C=O) groups excluding carboxylic acids is 1. The second-order valence-electron chi connectivity index (χ2n) is 5.97. The van der Waals surface area contributed by atoms with Gasteiger partial charge >= 0.3 is 0 Å². The van der Waals surface area contributed by atoms with Crippen LogP contribution in [0, 0.1) is 10.1 Å². The van der Waals surface area contributed by atoms with Crippen molar-refractivity contribution in [1.82, 2.24) is 10.3 Å². The average molecular weight is 393 g/mol. The Morgan fingerprint density at radius 3 is 2.66 bits per heavy atom. The lowest BCUT2D eigenvalue weighted by atomic mass is 10.1. The molecule has 0 saturated carbocycles. The highest BCUT2D eigenvalue weighted by molar-refractivity contribution is 5.97. The Labute approximate surface area is 167 Å². The molecule has 0 aliphatic heterocycles. The lowest BCUT2D eigenvalue weighted by Gasteiger charge is -2.12. The van der Waals surface area contributed by atoms with Crippen LogP contribution in [-0.4, -0.2) is 22.4 Å². The minimum absolute atomic E-state index is 0.0714. The zero-order valence-corrected chi connectivity index (χ0v) is 15.7. The van der Waals surface area contributed by atoms with Crippen LogP contribution in [-0.2, 0) is 6.54 Å². The van der Waals surface area contributed by atoms with Gasteiger partial charge in [-0.15, -0.1) is 0 Å². The van der Waals surface area contributed by atoms with Gasteiger partial charge in [-0.2, -0.15) is 0 Å². The standard InChI is InChI=1S/C21H19N3O5/c1-2-28-20-12-15(10-11-22-20)14-23-21(25)18-13-16(24(26)27)8-9-19(18)29-17-6-4-3-5-7-17/h3-13H,2,14H2,1H3,(H,23,25). The van der Waals surface area contributed by atoms with Crippen LogP contribution in [0.3, 0.4) is 0 Å². The van der Waals surface area contributed by atoms with Crippen molar-refractivity contribution >= 4 is 11.6 Å². The van der Waals surface area contributed by atoms with Gasteiger partial charge in [-0.1, -0.05) is 18.2 Å². The van der Waals surface area contributed by atoms with E-state index in [0.29, 0.717) is 18.2 Å². The van der Waals surface area contributed by atoms with E-state index in [1.807, 2.05) is 13.0 Å². The number of nitrogens with one attached hydrogen (secondary N) is 1. The van der Waals surface area contributed by atoms with Gasteiger partial charge in [0.15, 0.2) is 0 Å². The highest BCUT2D eigenvalue weighted by Gasteiger charge is 2.18. The number of pyridine rings is 1. The topological polar surface area (TPSA) is 104 Å². The van der Waals surface area contributed by atoms with Gasteiger partial charge in [0, 0.05) is 30.9 Å². The van der Waals surface area contributed by atoms with Crippen molar-refractivity contribution in [2.75, 3.05) is 6.61 Å². The van der Waals surface area contributed by atoms with Crippen LogP contribution in [0.4, 0.5) is 5.69 Å². The third-order valence-electron chi connectivity index (χ3n) is 3.93. The van der Waals surface area contributed by atoms with Crippen molar-refractivity contribution in [1.29, 1.82) is 0 Å². The van der Waals surface area contributed by atoms with Crippen LogP contribution in [0.5, 0.6) is 17.4 Å². The second-order valence-corrected chi connectivity index (χ2v) is 5.97. The Morgan fingerprint density at radius 1 is 1.14 bits per heavy atom. The molecular formula is C21H19N3O5. The number of hydrogen-bond donors (Lipinski definition) is 1. The largest absolute Gasteiger partial charge is 0.478 e. The van der Waals surface area contributed by atoms with Crippen molar-refractivity contribution in [2.45, 2.75) is 13.5 Å². The Kier molecular flexibility index (Phi) is 6.36. The van der Waals surface area contributed by atoms with Gasteiger partial charge in [0.1, 0.15) is 11.5 Å². The zero-order valence-electron chi connectivity index (χ0n) is 15.7. The smallest absolute Gasteiger partial charge is 0.270 e. The summed E-state index contributed by atoms with van der Waals surface area (Å²) in [5.74, 6) is 0.715. The summed E-state index contributed by atoms with van der Waals surface area (Å²) in [6, 6.07) is 16.3. The van der Waals surface area contributed by atoms with E-state index >= 15 is 0 Å². The molecule has 0 atom stereocenters. The highest BCUT2D eigenvalue weighted by Crippen LogP contribution is 2.28. The van der Waals surface area contributed by atoms with E-state index in [4.69, 9.17) is 9.47 Å². The molecule has 8 nitrogen and oxygen atoms in total. The number of hydrogen-bond acceptors (Lipinski definition) is 6. The summed E-state index contributed by atoms with van der Waals surface area (Å²) in [6.45, 7) is 2.54. The SMILES string of the molecule is CCOc1cc(CNC(=O)c2cc([N+](=O)[O-])ccc2Oc2ccccc2)ccn1. The lowest BCUT2D eigenvalue weighted by Crippen LogP contribution is -2.23. The predicted molar refractivity (Wildman–Crippen MR) is 106 cm³/mol. The number of para-hydroxylation sites is 1. The maximum atomic E-state index is 12.8. The van der Waals surface area contributed by atoms with Gasteiger partial charge in [0.2, 0.25) is 5.88 Å². The Balaban J connectivity index is 1.81. The third-order valence-corrected chi connectivity index (χ3v) is 3.93. The minimum atomic E-state index is -0.555. The monoisotopic (exact) mass is 393 g/mol. The number of carbonyl (C=O) groups is 1. The number of nitro benzene ring substituents is 1. The van der Waals surface area contributed by atoms with E-state index in [9.17, 15) is 14.9 Å². The average Bonchev–Trinajstić information content (AvgIpc) is 2.73. The molecule has 0 fully saturated rings. The Morgan fingerprint density at radius 2 is 1.93 bits per heavy atom. The first-order valence-electron chi connectivity index (χ1n) is 8.94. The van der Waals surface area contributed by atoms with Gasteiger partial charge in [-0.05, 0) is 36.8 Å². The highest BCUT2D eigenvalue weighted by atomic mass is 16.6. The van der Waals surface area contributed by atoms with Gasteiger partial charge in [-0.3, -0.25) is 14.9 Å². The third kappa shape index (κ3) is 5.29. The Bertz CT molecular complexity index is 1010. The molecule has 0 spiro atoms. The number of non-ortho nitro benzene ring substituents is 1. The fourth-order valence-corrected chi connectivity index (χ4v) is 2.58. The van der Waals surface area contributed by atoms with Crippen molar-refractivity contribution in [2.24, 2.45) is 0 Å². The van der Waals surface area contributed by atoms with E-state index in [-0.39, 0.29) is 23.5 Å². The summed E-state index contributed by atoms with van der Waals surface area (Å²) >= 11 is 0. The van der Waals surface area contributed by atoms with Gasteiger partial charge in [0.25, 0.3) is 11.6 Å². The van der Waals surface area contributed by atoms with E-state index < -0.39 is 10.8 Å². The van der Waals surface area contributed by atoms with Crippen molar-refractivity contribution < 1.29 is 19.2 Å². The van der Waals surface area contributed by atoms with Crippen LogP contribution < -0.4 is 14.8 Å². The molecule has 1 N–H and O–H groups in total. The summed E-state index contributed by atoms with van der Waals surface area (Å²) < 4.78 is 11.1. The molecule has 0 unspecified atom stereocenters. The van der Waals surface area contributed by atoms with Crippen LogP contribution in [0.2, 0.25) is 0 Å². The van der Waals surface area contributed by atoms with E-state index in [0.717, 1.165) is 5.56 Å². The van der Waals surface area contributed by atoms with E-state index in [1.54, 1.807) is 42.6 Å². The van der Waals surface area contributed by atoms with Crippen molar-refractivity contribution in [3.63, 3.8) is 0 Å². The first-order valence-corrected chi connectivity index (χ1v) is 8.94.